The standard InChI is InChI=1S/C21H24ClFN6O3/c1-31-5-6-32-21(30)29-4-2-3-13(12-29)8-24-20-17(23)11-27-19(28-20)16-10-26-18-15(16)7-14(22)9-25-18/h7,9-11,13H,2-6,8,12H2,1H3,(H,25,26)(H,24,27,28)/t13-/m0/s1. The molecule has 0 saturated carbocycles. The molecule has 0 bridgehead atoms. The molecule has 1 amide bonds. The predicted octanol–water partition coefficient (Wildman–Crippen LogP) is 3.72. The summed E-state index contributed by atoms with van der Waals surface area (Å²) in [4.78, 5) is 29.6. The molecule has 2 N–H and O–H groups in total. The van der Waals surface area contributed by atoms with Gasteiger partial charge in [0.25, 0.3) is 0 Å². The van der Waals surface area contributed by atoms with E-state index < -0.39 is 5.82 Å². The molecule has 1 saturated heterocycles. The number of carbonyl (C=O) groups excluding carboxylic acids is 1. The van der Waals surface area contributed by atoms with Crippen molar-refractivity contribution >= 4 is 34.5 Å². The van der Waals surface area contributed by atoms with Crippen molar-refractivity contribution in [2.75, 3.05) is 45.3 Å². The van der Waals surface area contributed by atoms with Crippen LogP contribution in [0.3, 0.4) is 0 Å². The number of carbonyl (C=O) groups is 1. The van der Waals surface area contributed by atoms with Gasteiger partial charge in [0, 0.05) is 50.1 Å². The zero-order chi connectivity index (χ0) is 22.5. The number of anilines is 1. The van der Waals surface area contributed by atoms with E-state index in [0.717, 1.165) is 24.4 Å². The van der Waals surface area contributed by atoms with Crippen LogP contribution in [0.15, 0.2) is 24.7 Å². The van der Waals surface area contributed by atoms with Crippen LogP contribution in [0.1, 0.15) is 12.8 Å². The van der Waals surface area contributed by atoms with E-state index in [4.69, 9.17) is 21.1 Å². The molecule has 3 aromatic heterocycles. The number of ether oxygens (including phenoxy) is 2. The first kappa shape index (κ1) is 22.2. The third-order valence-corrected chi connectivity index (χ3v) is 5.54. The molecule has 1 atom stereocenters. The van der Waals surface area contributed by atoms with E-state index in [9.17, 15) is 9.18 Å². The highest BCUT2D eigenvalue weighted by Gasteiger charge is 2.25. The fourth-order valence-electron chi connectivity index (χ4n) is 3.73. The van der Waals surface area contributed by atoms with E-state index in [2.05, 4.69) is 25.3 Å². The molecule has 0 unspecified atom stereocenters. The van der Waals surface area contributed by atoms with Crippen molar-refractivity contribution in [3.8, 4) is 11.4 Å². The number of pyridine rings is 1. The number of amides is 1. The topological polar surface area (TPSA) is 105 Å². The summed E-state index contributed by atoms with van der Waals surface area (Å²) < 4.78 is 24.5. The van der Waals surface area contributed by atoms with Gasteiger partial charge in [-0.05, 0) is 24.8 Å². The summed E-state index contributed by atoms with van der Waals surface area (Å²) in [6.07, 6.45) is 5.83. The summed E-state index contributed by atoms with van der Waals surface area (Å²) in [7, 11) is 1.55. The maximum atomic E-state index is 14.4. The minimum absolute atomic E-state index is 0.110. The van der Waals surface area contributed by atoms with Crippen molar-refractivity contribution in [3.63, 3.8) is 0 Å². The Bertz CT molecular complexity index is 1090. The van der Waals surface area contributed by atoms with Crippen LogP contribution in [0.5, 0.6) is 0 Å². The number of nitrogens with zero attached hydrogens (tertiary/aromatic N) is 4. The molecule has 11 heteroatoms. The molecule has 1 aliphatic rings. The van der Waals surface area contributed by atoms with Crippen LogP contribution in [0.25, 0.3) is 22.4 Å². The first-order valence-corrected chi connectivity index (χ1v) is 10.7. The van der Waals surface area contributed by atoms with E-state index in [1.165, 1.54) is 0 Å². The number of piperidine rings is 1. The number of aromatic nitrogens is 4. The Morgan fingerprint density at radius 3 is 3.09 bits per heavy atom. The largest absolute Gasteiger partial charge is 0.447 e. The highest BCUT2D eigenvalue weighted by molar-refractivity contribution is 6.31. The minimum Gasteiger partial charge on any atom is -0.447 e. The summed E-state index contributed by atoms with van der Waals surface area (Å²) in [6.45, 7) is 2.23. The summed E-state index contributed by atoms with van der Waals surface area (Å²) in [6, 6.07) is 1.76. The van der Waals surface area contributed by atoms with Crippen LogP contribution in [-0.4, -0.2) is 70.9 Å². The monoisotopic (exact) mass is 462 g/mol. The number of fused-ring (bicyclic) bond motifs is 1. The second-order valence-corrected chi connectivity index (χ2v) is 8.02. The Morgan fingerprint density at radius 1 is 1.38 bits per heavy atom. The van der Waals surface area contributed by atoms with E-state index in [1.807, 2.05) is 0 Å². The van der Waals surface area contributed by atoms with Gasteiger partial charge in [-0.1, -0.05) is 11.6 Å². The van der Waals surface area contributed by atoms with E-state index in [-0.39, 0.29) is 24.4 Å². The number of halogens is 2. The van der Waals surface area contributed by atoms with Crippen LogP contribution in [0.4, 0.5) is 15.0 Å². The van der Waals surface area contributed by atoms with Crippen LogP contribution in [0.2, 0.25) is 5.02 Å². The Hall–Kier alpha value is -2.98. The highest BCUT2D eigenvalue weighted by Crippen LogP contribution is 2.28. The van der Waals surface area contributed by atoms with Crippen molar-refractivity contribution < 1.29 is 18.7 Å². The number of nitrogens with one attached hydrogen (secondary N) is 2. The summed E-state index contributed by atoms with van der Waals surface area (Å²) in [5, 5.41) is 4.32. The molecular weight excluding hydrogens is 439 g/mol. The molecule has 9 nitrogen and oxygen atoms in total. The number of H-pyrrole nitrogens is 1. The van der Waals surface area contributed by atoms with Crippen molar-refractivity contribution in [3.05, 3.63) is 35.5 Å². The zero-order valence-electron chi connectivity index (χ0n) is 17.6. The molecule has 1 aliphatic heterocycles. The summed E-state index contributed by atoms with van der Waals surface area (Å²) in [5.74, 6) is 0.0689. The predicted molar refractivity (Wildman–Crippen MR) is 118 cm³/mol. The molecule has 0 radical (unpaired) electrons. The molecule has 0 aliphatic carbocycles. The molecule has 0 spiro atoms. The number of hydrogen-bond donors (Lipinski definition) is 2. The van der Waals surface area contributed by atoms with Gasteiger partial charge in [-0.3, -0.25) is 0 Å². The van der Waals surface area contributed by atoms with Gasteiger partial charge in [0.2, 0.25) is 0 Å². The van der Waals surface area contributed by atoms with Gasteiger partial charge >= 0.3 is 6.09 Å². The molecule has 3 aromatic rings. The SMILES string of the molecule is COCCOC(=O)N1CCC[C@@H](CNc2nc(-c3c[nH]c4ncc(Cl)cc34)ncc2F)C1. The first-order valence-electron chi connectivity index (χ1n) is 10.3. The second kappa shape index (κ2) is 10.1. The second-order valence-electron chi connectivity index (χ2n) is 7.58. The normalized spacial score (nSPS) is 16.3. The molecule has 170 valence electrons. The Kier molecular flexibility index (Phi) is 7.01. The van der Waals surface area contributed by atoms with Crippen LogP contribution >= 0.6 is 11.6 Å². The van der Waals surface area contributed by atoms with Gasteiger partial charge in [-0.25, -0.2) is 24.1 Å². The Morgan fingerprint density at radius 2 is 2.25 bits per heavy atom. The lowest BCUT2D eigenvalue weighted by molar-refractivity contribution is 0.0615. The maximum absolute atomic E-state index is 14.4. The van der Waals surface area contributed by atoms with E-state index in [0.29, 0.717) is 48.3 Å². The smallest absolute Gasteiger partial charge is 0.409 e. The molecule has 4 rings (SSSR count). The Labute approximate surface area is 189 Å². The van der Waals surface area contributed by atoms with Crippen molar-refractivity contribution in [2.45, 2.75) is 12.8 Å². The Balaban J connectivity index is 1.42. The lowest BCUT2D eigenvalue weighted by Gasteiger charge is -2.32. The van der Waals surface area contributed by atoms with Crippen molar-refractivity contribution in [2.24, 2.45) is 5.92 Å². The average Bonchev–Trinajstić information content (AvgIpc) is 3.22. The lowest BCUT2D eigenvalue weighted by Crippen LogP contribution is -2.42. The van der Waals surface area contributed by atoms with Gasteiger partial charge < -0.3 is 24.7 Å². The minimum atomic E-state index is -0.545. The molecular formula is C21H24ClFN6O3. The quantitative estimate of drug-likeness (QED) is 0.515. The number of hydrogen-bond acceptors (Lipinski definition) is 7. The van der Waals surface area contributed by atoms with Gasteiger partial charge in [0.15, 0.2) is 17.5 Å². The maximum Gasteiger partial charge on any atom is 0.409 e. The molecule has 0 aromatic carbocycles. The number of rotatable bonds is 7. The number of methoxy groups -OCH3 is 1. The summed E-state index contributed by atoms with van der Waals surface area (Å²) >= 11 is 6.06. The number of aromatic amines is 1. The summed E-state index contributed by atoms with van der Waals surface area (Å²) in [5.41, 5.74) is 1.33. The molecule has 4 heterocycles. The third kappa shape index (κ3) is 5.08. The van der Waals surface area contributed by atoms with Gasteiger partial charge in [0.1, 0.15) is 12.3 Å². The van der Waals surface area contributed by atoms with Crippen molar-refractivity contribution in [1.29, 1.82) is 0 Å². The zero-order valence-corrected chi connectivity index (χ0v) is 18.4. The highest BCUT2D eigenvalue weighted by atomic mass is 35.5. The van der Waals surface area contributed by atoms with Crippen molar-refractivity contribution in [1.82, 2.24) is 24.8 Å². The first-order chi connectivity index (χ1) is 15.5. The molecule has 1 fully saturated rings. The average molecular weight is 463 g/mol. The lowest BCUT2D eigenvalue weighted by atomic mass is 9.98. The third-order valence-electron chi connectivity index (χ3n) is 5.33. The fourth-order valence-corrected chi connectivity index (χ4v) is 3.88. The number of likely N-dealkylation sites (tertiary alicyclic amines) is 1. The van der Waals surface area contributed by atoms with Gasteiger partial charge in [-0.2, -0.15) is 0 Å². The van der Waals surface area contributed by atoms with Crippen LogP contribution in [-0.2, 0) is 9.47 Å². The fraction of sp³-hybridized carbons (Fsp3) is 0.429. The van der Waals surface area contributed by atoms with Gasteiger partial charge in [0.05, 0.1) is 17.8 Å². The van der Waals surface area contributed by atoms with Crippen LogP contribution < -0.4 is 5.32 Å². The van der Waals surface area contributed by atoms with Crippen LogP contribution in [0, 0.1) is 11.7 Å². The van der Waals surface area contributed by atoms with Gasteiger partial charge in [-0.15, -0.1) is 0 Å². The van der Waals surface area contributed by atoms with E-state index in [1.54, 1.807) is 30.5 Å². The molecule has 32 heavy (non-hydrogen) atoms. The van der Waals surface area contributed by atoms with E-state index >= 15 is 0 Å².